The van der Waals surface area contributed by atoms with Gasteiger partial charge in [0.25, 0.3) is 0 Å². The summed E-state index contributed by atoms with van der Waals surface area (Å²) in [6.07, 6.45) is 0. The lowest BCUT2D eigenvalue weighted by molar-refractivity contribution is 0.612. The van der Waals surface area contributed by atoms with Crippen LogP contribution < -0.4 is 16.8 Å². The minimum atomic E-state index is -0.339. The molecular weight excluding hydrogens is 337 g/mol. The summed E-state index contributed by atoms with van der Waals surface area (Å²) in [5, 5.41) is 2.94. The Kier molecular flexibility index (Phi) is 4.06. The van der Waals surface area contributed by atoms with Gasteiger partial charge in [-0.05, 0) is 12.1 Å². The van der Waals surface area contributed by atoms with Crippen LogP contribution in [-0.4, -0.2) is 9.97 Å². The van der Waals surface area contributed by atoms with Gasteiger partial charge in [0.1, 0.15) is 11.5 Å². The van der Waals surface area contributed by atoms with Gasteiger partial charge in [-0.1, -0.05) is 33.6 Å². The molecule has 0 bridgehead atoms. The third kappa shape index (κ3) is 3.24. The zero-order valence-corrected chi connectivity index (χ0v) is 12.0. The van der Waals surface area contributed by atoms with E-state index in [9.17, 15) is 4.39 Å². The Hall–Kier alpha value is -1.60. The first-order valence-corrected chi connectivity index (χ1v) is 6.40. The lowest BCUT2D eigenvalue weighted by atomic mass is 10.2. The second-order valence-electron chi connectivity index (χ2n) is 3.72. The highest BCUT2D eigenvalue weighted by molar-refractivity contribution is 9.10. The van der Waals surface area contributed by atoms with Crippen LogP contribution >= 0.6 is 27.5 Å². The van der Waals surface area contributed by atoms with E-state index in [1.54, 1.807) is 12.1 Å². The van der Waals surface area contributed by atoms with E-state index >= 15 is 0 Å². The van der Waals surface area contributed by atoms with Crippen LogP contribution in [0.1, 0.15) is 5.56 Å². The molecule has 100 valence electrons. The number of nitrogens with one attached hydrogen (secondary N) is 1. The van der Waals surface area contributed by atoms with Crippen molar-refractivity contribution in [3.05, 3.63) is 39.2 Å². The number of nitrogens with zero attached hydrogens (tertiary/aromatic N) is 2. The van der Waals surface area contributed by atoms with Gasteiger partial charge in [0.05, 0.1) is 0 Å². The van der Waals surface area contributed by atoms with Gasteiger partial charge in [0.2, 0.25) is 5.95 Å². The standard InChI is InChI=1S/C11H10BrClFN5/c12-6-2-1-5(7(14)3-6)4-17-10-8(15)9(13)18-11(16)19-10/h1-3H,4,15H2,(H3,16,17,18,19). The number of benzene rings is 1. The molecule has 0 saturated carbocycles. The molecule has 0 fully saturated rings. The van der Waals surface area contributed by atoms with Crippen LogP contribution in [0.15, 0.2) is 22.7 Å². The van der Waals surface area contributed by atoms with E-state index in [1.165, 1.54) is 6.07 Å². The molecule has 0 aliphatic heterocycles. The van der Waals surface area contributed by atoms with Gasteiger partial charge in [-0.2, -0.15) is 9.97 Å². The Morgan fingerprint density at radius 2 is 2.05 bits per heavy atom. The van der Waals surface area contributed by atoms with Crippen LogP contribution in [0.5, 0.6) is 0 Å². The summed E-state index contributed by atoms with van der Waals surface area (Å²) < 4.78 is 14.3. The van der Waals surface area contributed by atoms with Crippen molar-refractivity contribution < 1.29 is 4.39 Å². The van der Waals surface area contributed by atoms with Crippen molar-refractivity contribution in [3.63, 3.8) is 0 Å². The number of hydrogen-bond acceptors (Lipinski definition) is 5. The van der Waals surface area contributed by atoms with Gasteiger partial charge in [0.15, 0.2) is 11.0 Å². The van der Waals surface area contributed by atoms with Crippen molar-refractivity contribution in [1.29, 1.82) is 0 Å². The molecule has 1 heterocycles. The van der Waals surface area contributed by atoms with Crippen molar-refractivity contribution >= 4 is 45.0 Å². The second-order valence-corrected chi connectivity index (χ2v) is 5.00. The van der Waals surface area contributed by atoms with Crippen molar-refractivity contribution in [3.8, 4) is 0 Å². The number of halogens is 3. The van der Waals surface area contributed by atoms with Crippen LogP contribution in [-0.2, 0) is 6.54 Å². The molecule has 0 amide bonds. The van der Waals surface area contributed by atoms with Gasteiger partial charge in [-0.3, -0.25) is 0 Å². The van der Waals surface area contributed by atoms with Gasteiger partial charge >= 0.3 is 0 Å². The smallest absolute Gasteiger partial charge is 0.223 e. The Bertz CT molecular complexity index is 622. The van der Waals surface area contributed by atoms with Crippen molar-refractivity contribution in [2.75, 3.05) is 16.8 Å². The fourth-order valence-electron chi connectivity index (χ4n) is 1.44. The van der Waals surface area contributed by atoms with E-state index in [4.69, 9.17) is 23.1 Å². The molecule has 0 aliphatic rings. The zero-order valence-electron chi connectivity index (χ0n) is 9.62. The Labute approximate surface area is 122 Å². The molecule has 0 saturated heterocycles. The molecule has 2 aromatic rings. The summed E-state index contributed by atoms with van der Waals surface area (Å²) in [6.45, 7) is 0.204. The molecule has 0 spiro atoms. The molecule has 8 heteroatoms. The summed E-state index contributed by atoms with van der Waals surface area (Å²) in [4.78, 5) is 7.62. The first kappa shape index (κ1) is 13.8. The first-order valence-electron chi connectivity index (χ1n) is 5.23. The maximum Gasteiger partial charge on any atom is 0.223 e. The van der Waals surface area contributed by atoms with E-state index < -0.39 is 0 Å². The predicted molar refractivity (Wildman–Crippen MR) is 77.3 cm³/mol. The average Bonchev–Trinajstić information content (AvgIpc) is 2.33. The highest BCUT2D eigenvalue weighted by Crippen LogP contribution is 2.25. The Balaban J connectivity index is 2.19. The van der Waals surface area contributed by atoms with E-state index in [0.717, 1.165) is 0 Å². The SMILES string of the molecule is Nc1nc(Cl)c(N)c(NCc2ccc(Br)cc2F)n1. The zero-order chi connectivity index (χ0) is 14.0. The monoisotopic (exact) mass is 345 g/mol. The number of nitrogen functional groups attached to an aromatic ring is 2. The molecule has 5 N–H and O–H groups in total. The molecule has 0 radical (unpaired) electrons. The maximum atomic E-state index is 13.6. The normalized spacial score (nSPS) is 10.5. The molecule has 0 aliphatic carbocycles. The van der Waals surface area contributed by atoms with Crippen LogP contribution in [0, 0.1) is 5.82 Å². The summed E-state index contributed by atoms with van der Waals surface area (Å²) in [6, 6.07) is 4.77. The first-order chi connectivity index (χ1) is 8.97. The topological polar surface area (TPSA) is 89.8 Å². The molecule has 0 unspecified atom stereocenters. The predicted octanol–water partition coefficient (Wildman–Crippen LogP) is 2.81. The van der Waals surface area contributed by atoms with E-state index in [2.05, 4.69) is 31.2 Å². The fraction of sp³-hybridized carbons (Fsp3) is 0.0909. The van der Waals surface area contributed by atoms with Crippen LogP contribution in [0.3, 0.4) is 0 Å². The van der Waals surface area contributed by atoms with Crippen LogP contribution in [0.25, 0.3) is 0 Å². The van der Waals surface area contributed by atoms with E-state index in [1.807, 2.05) is 0 Å². The molecule has 0 atom stereocenters. The minimum absolute atomic E-state index is 0.00187. The third-order valence-electron chi connectivity index (χ3n) is 2.38. The van der Waals surface area contributed by atoms with Gasteiger partial charge in [-0.15, -0.1) is 0 Å². The second kappa shape index (κ2) is 5.58. The van der Waals surface area contributed by atoms with Crippen LogP contribution in [0.2, 0.25) is 5.15 Å². The molecule has 1 aromatic carbocycles. The number of nitrogens with two attached hydrogens (primary N) is 2. The Morgan fingerprint density at radius 1 is 1.32 bits per heavy atom. The van der Waals surface area contributed by atoms with E-state index in [-0.39, 0.29) is 35.0 Å². The average molecular weight is 347 g/mol. The maximum absolute atomic E-state index is 13.6. The highest BCUT2D eigenvalue weighted by Gasteiger charge is 2.09. The molecule has 19 heavy (non-hydrogen) atoms. The molecule has 5 nitrogen and oxygen atoms in total. The number of rotatable bonds is 3. The van der Waals surface area contributed by atoms with Crippen LogP contribution in [0.4, 0.5) is 21.8 Å². The van der Waals surface area contributed by atoms with Crippen molar-refractivity contribution in [1.82, 2.24) is 9.97 Å². The lowest BCUT2D eigenvalue weighted by Crippen LogP contribution is -2.09. The molecule has 1 aromatic heterocycles. The van der Waals surface area contributed by atoms with Gasteiger partial charge < -0.3 is 16.8 Å². The van der Waals surface area contributed by atoms with Crippen molar-refractivity contribution in [2.24, 2.45) is 0 Å². The van der Waals surface area contributed by atoms with Gasteiger partial charge in [-0.25, -0.2) is 4.39 Å². The van der Waals surface area contributed by atoms with Crippen molar-refractivity contribution in [2.45, 2.75) is 6.54 Å². The number of anilines is 3. The quantitative estimate of drug-likeness (QED) is 0.744. The molecule has 2 rings (SSSR count). The lowest BCUT2D eigenvalue weighted by Gasteiger charge is -2.10. The Morgan fingerprint density at radius 3 is 2.74 bits per heavy atom. The number of hydrogen-bond donors (Lipinski definition) is 3. The highest BCUT2D eigenvalue weighted by atomic mass is 79.9. The summed E-state index contributed by atoms with van der Waals surface area (Å²) >= 11 is 8.96. The van der Waals surface area contributed by atoms with E-state index in [0.29, 0.717) is 10.0 Å². The fourth-order valence-corrected chi connectivity index (χ4v) is 1.95. The largest absolute Gasteiger partial charge is 0.393 e. The summed E-state index contributed by atoms with van der Waals surface area (Å²) in [5.41, 5.74) is 11.8. The summed E-state index contributed by atoms with van der Waals surface area (Å²) in [7, 11) is 0. The third-order valence-corrected chi connectivity index (χ3v) is 3.16. The summed E-state index contributed by atoms with van der Waals surface area (Å²) in [5.74, 6) is -0.0635. The molecular formula is C11H10BrClFN5. The minimum Gasteiger partial charge on any atom is -0.393 e. The van der Waals surface area contributed by atoms with Gasteiger partial charge in [0, 0.05) is 16.6 Å². The number of aromatic nitrogens is 2.